The number of oxime groups is 1. The lowest BCUT2D eigenvalue weighted by Gasteiger charge is -2.33. The number of amides is 1. The molecule has 7 nitrogen and oxygen atoms in total. The van der Waals surface area contributed by atoms with Crippen molar-refractivity contribution in [3.05, 3.63) is 23.7 Å². The zero-order chi connectivity index (χ0) is 14.5. The number of nitrogens with two attached hydrogens (primary N) is 1. The fourth-order valence-electron chi connectivity index (χ4n) is 2.21. The Balaban J connectivity index is 1.88. The molecule has 1 saturated heterocycles. The maximum Gasteiger partial charge on any atom is 0.289 e. The molecule has 110 valence electrons. The van der Waals surface area contributed by atoms with Crippen molar-refractivity contribution in [3.63, 3.8) is 0 Å². The van der Waals surface area contributed by atoms with Gasteiger partial charge in [0, 0.05) is 32.6 Å². The van der Waals surface area contributed by atoms with Crippen molar-refractivity contribution in [2.75, 3.05) is 32.7 Å². The summed E-state index contributed by atoms with van der Waals surface area (Å²) in [7, 11) is 0. The van der Waals surface area contributed by atoms with Gasteiger partial charge in [0.15, 0.2) is 11.6 Å². The van der Waals surface area contributed by atoms with Gasteiger partial charge in [-0.1, -0.05) is 12.1 Å². The van der Waals surface area contributed by atoms with Crippen molar-refractivity contribution in [1.82, 2.24) is 9.80 Å². The minimum absolute atomic E-state index is 0.0758. The Labute approximate surface area is 117 Å². The normalized spacial score (nSPS) is 17.4. The molecule has 1 aromatic rings. The minimum Gasteiger partial charge on any atom is -0.456 e. The minimum atomic E-state index is -0.0758. The van der Waals surface area contributed by atoms with Gasteiger partial charge in [-0.25, -0.2) is 0 Å². The standard InChI is InChI=1S/C13H20N4O3/c1-2-10-3-4-11(20-10)13(18)17-7-5-16(6-8-17)9-12(14)15-19/h3-4,19H,2,5-9H2,1H3,(H2,14,15). The van der Waals surface area contributed by atoms with Crippen LogP contribution in [0.4, 0.5) is 0 Å². The topological polar surface area (TPSA) is 95.3 Å². The largest absolute Gasteiger partial charge is 0.456 e. The van der Waals surface area contributed by atoms with Gasteiger partial charge in [0.05, 0.1) is 6.54 Å². The Morgan fingerprint density at radius 3 is 2.65 bits per heavy atom. The Hall–Kier alpha value is -2.02. The maximum atomic E-state index is 12.2. The summed E-state index contributed by atoms with van der Waals surface area (Å²) in [5, 5.41) is 11.5. The molecule has 0 bridgehead atoms. The van der Waals surface area contributed by atoms with E-state index >= 15 is 0 Å². The van der Waals surface area contributed by atoms with E-state index in [0.717, 1.165) is 12.2 Å². The summed E-state index contributed by atoms with van der Waals surface area (Å²) in [5.41, 5.74) is 5.47. The van der Waals surface area contributed by atoms with Crippen LogP contribution in [0.25, 0.3) is 0 Å². The predicted molar refractivity (Wildman–Crippen MR) is 73.8 cm³/mol. The molecule has 1 aromatic heterocycles. The molecule has 1 aliphatic rings. The number of hydrogen-bond acceptors (Lipinski definition) is 5. The highest BCUT2D eigenvalue weighted by Crippen LogP contribution is 2.13. The number of rotatable bonds is 4. The van der Waals surface area contributed by atoms with E-state index < -0.39 is 0 Å². The number of carbonyl (C=O) groups excluding carboxylic acids is 1. The molecule has 0 atom stereocenters. The summed E-state index contributed by atoms with van der Waals surface area (Å²) in [6.07, 6.45) is 0.779. The summed E-state index contributed by atoms with van der Waals surface area (Å²) < 4.78 is 5.48. The number of furan rings is 1. The van der Waals surface area contributed by atoms with Crippen LogP contribution in [-0.4, -0.2) is 59.5 Å². The second kappa shape index (κ2) is 6.42. The average molecular weight is 280 g/mol. The molecule has 1 fully saturated rings. The summed E-state index contributed by atoms with van der Waals surface area (Å²) >= 11 is 0. The van der Waals surface area contributed by atoms with Crippen molar-refractivity contribution in [3.8, 4) is 0 Å². The van der Waals surface area contributed by atoms with E-state index in [9.17, 15) is 4.79 Å². The third kappa shape index (κ3) is 3.30. The van der Waals surface area contributed by atoms with Gasteiger partial charge in [-0.05, 0) is 12.1 Å². The van der Waals surface area contributed by atoms with Crippen molar-refractivity contribution < 1.29 is 14.4 Å². The van der Waals surface area contributed by atoms with E-state index in [0.29, 0.717) is 38.5 Å². The molecule has 0 saturated carbocycles. The van der Waals surface area contributed by atoms with Gasteiger partial charge in [-0.3, -0.25) is 9.69 Å². The summed E-state index contributed by atoms with van der Waals surface area (Å²) in [6.45, 7) is 5.02. The fraction of sp³-hybridized carbons (Fsp3) is 0.538. The lowest BCUT2D eigenvalue weighted by molar-refractivity contribution is 0.0620. The highest BCUT2D eigenvalue weighted by Gasteiger charge is 2.24. The van der Waals surface area contributed by atoms with Gasteiger partial charge in [0.2, 0.25) is 0 Å². The molecule has 0 aromatic carbocycles. The van der Waals surface area contributed by atoms with Crippen molar-refractivity contribution in [2.24, 2.45) is 10.9 Å². The van der Waals surface area contributed by atoms with Crippen LogP contribution < -0.4 is 5.73 Å². The molecular weight excluding hydrogens is 260 g/mol. The molecule has 0 radical (unpaired) electrons. The molecule has 3 N–H and O–H groups in total. The number of nitrogens with zero attached hydrogens (tertiary/aromatic N) is 3. The molecule has 2 rings (SSSR count). The van der Waals surface area contributed by atoms with Crippen LogP contribution in [0.15, 0.2) is 21.7 Å². The monoisotopic (exact) mass is 280 g/mol. The number of carbonyl (C=O) groups is 1. The Bertz CT molecular complexity index is 490. The van der Waals surface area contributed by atoms with Crippen LogP contribution >= 0.6 is 0 Å². The van der Waals surface area contributed by atoms with E-state index in [1.165, 1.54) is 0 Å². The van der Waals surface area contributed by atoms with E-state index in [1.807, 2.05) is 17.9 Å². The molecule has 2 heterocycles. The van der Waals surface area contributed by atoms with Gasteiger partial charge in [0.25, 0.3) is 5.91 Å². The molecule has 0 unspecified atom stereocenters. The molecule has 1 amide bonds. The van der Waals surface area contributed by atoms with Gasteiger partial charge in [-0.15, -0.1) is 0 Å². The molecule has 0 spiro atoms. The number of aryl methyl sites for hydroxylation is 1. The van der Waals surface area contributed by atoms with Crippen molar-refractivity contribution >= 4 is 11.7 Å². The molecule has 0 aliphatic carbocycles. The Morgan fingerprint density at radius 2 is 2.10 bits per heavy atom. The van der Waals surface area contributed by atoms with E-state index in [2.05, 4.69) is 5.16 Å². The number of piperazine rings is 1. The van der Waals surface area contributed by atoms with Gasteiger partial charge in [0.1, 0.15) is 5.76 Å². The predicted octanol–water partition coefficient (Wildman–Crippen LogP) is 0.346. The SMILES string of the molecule is CCc1ccc(C(=O)N2CCN(CC(N)=NO)CC2)o1. The zero-order valence-electron chi connectivity index (χ0n) is 11.6. The smallest absolute Gasteiger partial charge is 0.289 e. The van der Waals surface area contributed by atoms with Crippen molar-refractivity contribution in [2.45, 2.75) is 13.3 Å². The second-order valence-electron chi connectivity index (χ2n) is 4.78. The van der Waals surface area contributed by atoms with E-state index in [-0.39, 0.29) is 11.7 Å². The Kier molecular flexibility index (Phi) is 4.62. The van der Waals surface area contributed by atoms with Gasteiger partial charge in [-0.2, -0.15) is 0 Å². The first-order valence-electron chi connectivity index (χ1n) is 6.70. The van der Waals surface area contributed by atoms with Crippen LogP contribution in [0.1, 0.15) is 23.2 Å². The van der Waals surface area contributed by atoms with Crippen LogP contribution in [0.3, 0.4) is 0 Å². The van der Waals surface area contributed by atoms with Gasteiger partial charge >= 0.3 is 0 Å². The second-order valence-corrected chi connectivity index (χ2v) is 4.78. The van der Waals surface area contributed by atoms with E-state index in [1.54, 1.807) is 11.0 Å². The van der Waals surface area contributed by atoms with Crippen LogP contribution in [-0.2, 0) is 6.42 Å². The maximum absolute atomic E-state index is 12.2. The Morgan fingerprint density at radius 1 is 1.40 bits per heavy atom. The van der Waals surface area contributed by atoms with Crippen LogP contribution in [0.2, 0.25) is 0 Å². The molecule has 7 heteroatoms. The third-order valence-corrected chi connectivity index (χ3v) is 3.39. The number of hydrogen-bond donors (Lipinski definition) is 2. The lowest BCUT2D eigenvalue weighted by Crippen LogP contribution is -2.50. The van der Waals surface area contributed by atoms with Crippen LogP contribution in [0.5, 0.6) is 0 Å². The zero-order valence-corrected chi connectivity index (χ0v) is 11.6. The highest BCUT2D eigenvalue weighted by atomic mass is 16.4. The summed E-state index contributed by atoms with van der Waals surface area (Å²) in [5.74, 6) is 1.32. The molecular formula is C13H20N4O3. The third-order valence-electron chi connectivity index (χ3n) is 3.39. The van der Waals surface area contributed by atoms with Crippen LogP contribution in [0, 0.1) is 0 Å². The first-order chi connectivity index (χ1) is 9.63. The van der Waals surface area contributed by atoms with Gasteiger partial charge < -0.3 is 20.3 Å². The fourth-order valence-corrected chi connectivity index (χ4v) is 2.21. The number of amidine groups is 1. The molecule has 20 heavy (non-hydrogen) atoms. The quantitative estimate of drug-likeness (QED) is 0.359. The highest BCUT2D eigenvalue weighted by molar-refractivity contribution is 5.91. The van der Waals surface area contributed by atoms with E-state index in [4.69, 9.17) is 15.4 Å². The summed E-state index contributed by atoms with van der Waals surface area (Å²) in [4.78, 5) is 16.0. The first-order valence-corrected chi connectivity index (χ1v) is 6.70. The first kappa shape index (κ1) is 14.4. The summed E-state index contributed by atoms with van der Waals surface area (Å²) in [6, 6.07) is 3.56. The average Bonchev–Trinajstić information content (AvgIpc) is 2.96. The molecule has 1 aliphatic heterocycles. The lowest BCUT2D eigenvalue weighted by atomic mass is 10.3. The van der Waals surface area contributed by atoms with Crippen molar-refractivity contribution in [1.29, 1.82) is 0 Å².